The van der Waals surface area contributed by atoms with Crippen molar-refractivity contribution in [1.29, 1.82) is 0 Å². The molecular formula is C9H20N2. The zero-order valence-electron chi connectivity index (χ0n) is 8.31. The molecule has 2 heteroatoms. The van der Waals surface area contributed by atoms with Gasteiger partial charge in [0.05, 0.1) is 0 Å². The lowest BCUT2D eigenvalue weighted by atomic mass is 10.1. The first-order valence-electron chi connectivity index (χ1n) is 4.31. The third-order valence-corrected chi connectivity index (χ3v) is 1.22. The molecule has 0 unspecified atom stereocenters. The number of hydrogen-bond acceptors (Lipinski definition) is 2. The molecular weight excluding hydrogens is 136 g/mol. The summed E-state index contributed by atoms with van der Waals surface area (Å²) in [6.45, 7) is 10.6. The number of nitrogens with zero attached hydrogens (tertiary/aromatic N) is 1. The predicted molar refractivity (Wildman–Crippen MR) is 50.8 cm³/mol. The molecule has 0 atom stereocenters. The van der Waals surface area contributed by atoms with Gasteiger partial charge in [-0.25, -0.2) is 0 Å². The van der Waals surface area contributed by atoms with Crippen LogP contribution in [0.5, 0.6) is 0 Å². The van der Waals surface area contributed by atoms with Crippen molar-refractivity contribution in [2.45, 2.75) is 47.1 Å². The molecule has 0 amide bonds. The zero-order chi connectivity index (χ0) is 8.85. The number of nitrogens with one attached hydrogen (secondary N) is 1. The van der Waals surface area contributed by atoms with Gasteiger partial charge in [0, 0.05) is 11.8 Å². The Balaban J connectivity index is 3.63. The summed E-state index contributed by atoms with van der Waals surface area (Å²) in [5.74, 6) is 0.702. The lowest BCUT2D eigenvalue weighted by Crippen LogP contribution is -2.18. The molecule has 0 saturated carbocycles. The van der Waals surface area contributed by atoms with E-state index in [1.165, 1.54) is 5.71 Å². The van der Waals surface area contributed by atoms with E-state index < -0.39 is 0 Å². The number of rotatable bonds is 4. The minimum Gasteiger partial charge on any atom is -0.308 e. The van der Waals surface area contributed by atoms with Crippen LogP contribution in [0.2, 0.25) is 0 Å². The fourth-order valence-corrected chi connectivity index (χ4v) is 0.876. The van der Waals surface area contributed by atoms with Crippen molar-refractivity contribution in [1.82, 2.24) is 5.43 Å². The van der Waals surface area contributed by atoms with Crippen molar-refractivity contribution >= 4 is 5.71 Å². The average molecular weight is 156 g/mol. The van der Waals surface area contributed by atoms with Crippen molar-refractivity contribution < 1.29 is 0 Å². The Bertz CT molecular complexity index is 126. The van der Waals surface area contributed by atoms with Gasteiger partial charge in [-0.05, 0) is 33.1 Å². The SMILES string of the molecule is CC(CC(C)C)=NNC(C)C. The Morgan fingerprint density at radius 3 is 2.18 bits per heavy atom. The standard InChI is InChI=1S/C9H20N2/c1-7(2)6-9(5)11-10-8(3)4/h7-8,10H,6H2,1-5H3. The van der Waals surface area contributed by atoms with Crippen molar-refractivity contribution in [2.75, 3.05) is 0 Å². The molecule has 0 bridgehead atoms. The molecule has 0 aromatic rings. The highest BCUT2D eigenvalue weighted by molar-refractivity contribution is 5.81. The van der Waals surface area contributed by atoms with Crippen LogP contribution in [0.4, 0.5) is 0 Å². The van der Waals surface area contributed by atoms with Crippen LogP contribution in [0.3, 0.4) is 0 Å². The van der Waals surface area contributed by atoms with Crippen LogP contribution in [0, 0.1) is 5.92 Å². The van der Waals surface area contributed by atoms with Crippen molar-refractivity contribution in [3.63, 3.8) is 0 Å². The predicted octanol–water partition coefficient (Wildman–Crippen LogP) is 2.41. The van der Waals surface area contributed by atoms with E-state index in [1.807, 2.05) is 0 Å². The smallest absolute Gasteiger partial charge is 0.0383 e. The third-order valence-electron chi connectivity index (χ3n) is 1.22. The average Bonchev–Trinajstić information content (AvgIpc) is 1.82. The van der Waals surface area contributed by atoms with Gasteiger partial charge in [0.25, 0.3) is 0 Å². The molecule has 0 saturated heterocycles. The first-order valence-corrected chi connectivity index (χ1v) is 4.31. The Labute approximate surface area is 70.1 Å². The normalized spacial score (nSPS) is 12.8. The Hall–Kier alpha value is -0.530. The first kappa shape index (κ1) is 10.5. The summed E-state index contributed by atoms with van der Waals surface area (Å²) in [6, 6.07) is 0.442. The van der Waals surface area contributed by atoms with Crippen LogP contribution in [0.15, 0.2) is 5.10 Å². The van der Waals surface area contributed by atoms with E-state index in [-0.39, 0.29) is 0 Å². The summed E-state index contributed by atoms with van der Waals surface area (Å²) < 4.78 is 0. The molecule has 0 aliphatic heterocycles. The molecule has 0 spiro atoms. The van der Waals surface area contributed by atoms with Gasteiger partial charge in [0.15, 0.2) is 0 Å². The molecule has 0 aromatic heterocycles. The molecule has 2 nitrogen and oxygen atoms in total. The van der Waals surface area contributed by atoms with Crippen molar-refractivity contribution in [2.24, 2.45) is 11.0 Å². The second-order valence-corrected chi connectivity index (χ2v) is 3.73. The van der Waals surface area contributed by atoms with Crippen LogP contribution in [0.25, 0.3) is 0 Å². The number of hydrogen-bond donors (Lipinski definition) is 1. The van der Waals surface area contributed by atoms with E-state index in [1.54, 1.807) is 0 Å². The maximum atomic E-state index is 4.23. The second kappa shape index (κ2) is 5.16. The highest BCUT2D eigenvalue weighted by Crippen LogP contribution is 2.00. The quantitative estimate of drug-likeness (QED) is 0.490. The maximum Gasteiger partial charge on any atom is 0.0383 e. The minimum absolute atomic E-state index is 0.442. The summed E-state index contributed by atoms with van der Waals surface area (Å²) in [4.78, 5) is 0. The van der Waals surface area contributed by atoms with Gasteiger partial charge in [-0.1, -0.05) is 13.8 Å². The van der Waals surface area contributed by atoms with E-state index in [0.717, 1.165) is 6.42 Å². The zero-order valence-corrected chi connectivity index (χ0v) is 8.31. The topological polar surface area (TPSA) is 24.4 Å². The monoisotopic (exact) mass is 156 g/mol. The molecule has 0 radical (unpaired) electrons. The first-order chi connectivity index (χ1) is 5.02. The van der Waals surface area contributed by atoms with Gasteiger partial charge < -0.3 is 5.43 Å². The van der Waals surface area contributed by atoms with E-state index in [4.69, 9.17) is 0 Å². The summed E-state index contributed by atoms with van der Waals surface area (Å²) in [5, 5.41) is 4.23. The van der Waals surface area contributed by atoms with E-state index in [0.29, 0.717) is 12.0 Å². The second-order valence-electron chi connectivity index (χ2n) is 3.73. The van der Waals surface area contributed by atoms with Crippen LogP contribution in [-0.2, 0) is 0 Å². The minimum atomic E-state index is 0.442. The molecule has 0 rings (SSSR count). The van der Waals surface area contributed by atoms with Gasteiger partial charge in [-0.3, -0.25) is 0 Å². The summed E-state index contributed by atoms with van der Waals surface area (Å²) in [5.41, 5.74) is 4.23. The molecule has 0 fully saturated rings. The molecule has 1 N–H and O–H groups in total. The van der Waals surface area contributed by atoms with E-state index in [2.05, 4.69) is 45.1 Å². The lowest BCUT2D eigenvalue weighted by Gasteiger charge is -2.07. The van der Waals surface area contributed by atoms with Crippen LogP contribution >= 0.6 is 0 Å². The van der Waals surface area contributed by atoms with Crippen LogP contribution in [-0.4, -0.2) is 11.8 Å². The Morgan fingerprint density at radius 2 is 1.82 bits per heavy atom. The van der Waals surface area contributed by atoms with Crippen molar-refractivity contribution in [3.05, 3.63) is 0 Å². The fourth-order valence-electron chi connectivity index (χ4n) is 0.876. The summed E-state index contributed by atoms with van der Waals surface area (Å²) in [7, 11) is 0. The van der Waals surface area contributed by atoms with E-state index in [9.17, 15) is 0 Å². The Morgan fingerprint density at radius 1 is 1.27 bits per heavy atom. The number of hydrazone groups is 1. The van der Waals surface area contributed by atoms with Gasteiger partial charge >= 0.3 is 0 Å². The molecule has 0 aromatic carbocycles. The molecule has 0 aliphatic rings. The lowest BCUT2D eigenvalue weighted by molar-refractivity contribution is 0.609. The highest BCUT2D eigenvalue weighted by Gasteiger charge is 1.96. The maximum absolute atomic E-state index is 4.23. The molecule has 0 aliphatic carbocycles. The van der Waals surface area contributed by atoms with Crippen LogP contribution < -0.4 is 5.43 Å². The summed E-state index contributed by atoms with van der Waals surface area (Å²) >= 11 is 0. The fraction of sp³-hybridized carbons (Fsp3) is 0.889. The van der Waals surface area contributed by atoms with Crippen molar-refractivity contribution in [3.8, 4) is 0 Å². The van der Waals surface area contributed by atoms with Crippen LogP contribution in [0.1, 0.15) is 41.0 Å². The summed E-state index contributed by atoms with van der Waals surface area (Å²) in [6.07, 6.45) is 1.08. The molecule has 11 heavy (non-hydrogen) atoms. The van der Waals surface area contributed by atoms with E-state index >= 15 is 0 Å². The van der Waals surface area contributed by atoms with Gasteiger partial charge in [0.1, 0.15) is 0 Å². The molecule has 0 heterocycles. The highest BCUT2D eigenvalue weighted by atomic mass is 15.3. The van der Waals surface area contributed by atoms with Gasteiger partial charge in [-0.2, -0.15) is 5.10 Å². The molecule has 66 valence electrons. The Kier molecular flexibility index (Phi) is 4.92. The van der Waals surface area contributed by atoms with Gasteiger partial charge in [-0.15, -0.1) is 0 Å². The largest absolute Gasteiger partial charge is 0.308 e. The third kappa shape index (κ3) is 7.37. The van der Waals surface area contributed by atoms with Gasteiger partial charge in [0.2, 0.25) is 0 Å².